The Hall–Kier alpha value is -1.71. The zero-order chi connectivity index (χ0) is 30.9. The summed E-state index contributed by atoms with van der Waals surface area (Å²) in [6.07, 6.45) is 5.55. The highest BCUT2D eigenvalue weighted by Gasteiger charge is 2.51. The summed E-state index contributed by atoms with van der Waals surface area (Å²) in [6, 6.07) is 0. The van der Waals surface area contributed by atoms with Crippen molar-refractivity contribution in [3.63, 3.8) is 0 Å². The summed E-state index contributed by atoms with van der Waals surface area (Å²) in [5.41, 5.74) is 0. The third kappa shape index (κ3) is 11.8. The molecule has 0 aromatic carbocycles. The third-order valence-electron chi connectivity index (χ3n) is 7.24. The zero-order valence-corrected chi connectivity index (χ0v) is 24.4. The number of allylic oxidation sites excluding steroid dienone is 6. The Morgan fingerprint density at radius 2 is 1.21 bits per heavy atom. The summed E-state index contributed by atoms with van der Waals surface area (Å²) >= 11 is 0. The van der Waals surface area contributed by atoms with Crippen molar-refractivity contribution in [3.8, 4) is 0 Å². The van der Waals surface area contributed by atoms with E-state index in [9.17, 15) is 40.5 Å². The second-order valence-corrected chi connectivity index (χ2v) is 10.6. The van der Waals surface area contributed by atoms with Crippen LogP contribution in [0.5, 0.6) is 0 Å². The summed E-state index contributed by atoms with van der Waals surface area (Å²) in [5, 5.41) is 70.1. The molecule has 2 rings (SSSR count). The van der Waals surface area contributed by atoms with Crippen LogP contribution in [0.15, 0.2) is 36.5 Å². The maximum absolute atomic E-state index is 12.6. The fraction of sp³-hybridized carbons (Fsp3) is 0.767. The maximum atomic E-state index is 12.6. The minimum absolute atomic E-state index is 0.0508. The van der Waals surface area contributed by atoms with Crippen molar-refractivity contribution in [1.82, 2.24) is 0 Å². The normalized spacial score (nSPS) is 34.1. The Bertz CT molecular complexity index is 831. The van der Waals surface area contributed by atoms with E-state index in [1.165, 1.54) is 0 Å². The van der Waals surface area contributed by atoms with Gasteiger partial charge >= 0.3 is 5.97 Å². The molecule has 2 saturated heterocycles. The monoisotopic (exact) mass is 602 g/mol. The first-order chi connectivity index (χ1) is 20.2. The fourth-order valence-corrected chi connectivity index (χ4v) is 4.70. The lowest BCUT2D eigenvalue weighted by atomic mass is 9.98. The standard InChI is InChI=1S/C30H50O12/c1-2-3-4-5-6-7-8-9-10-11-12-13-14-15-16-17-22(33)41-28-26(37)24(35)21(19-32)40-30(28)42-29-27(38)25(36)23(34)20(18-31)39-29/h3-4,6-7,9-10,20-21,23-32,34-38H,2,5,8,11-19H2,1H3/b4-3-,7-6-,10-9-/t20-,21-,23-,24-,25+,26+,27-,28-,29-,30-/m1/s1. The van der Waals surface area contributed by atoms with Crippen LogP contribution in [0.4, 0.5) is 0 Å². The van der Waals surface area contributed by atoms with Crippen LogP contribution >= 0.6 is 0 Å². The highest BCUT2D eigenvalue weighted by atomic mass is 16.8. The van der Waals surface area contributed by atoms with E-state index in [0.29, 0.717) is 6.42 Å². The molecule has 0 unspecified atom stereocenters. The molecule has 10 atom stereocenters. The lowest BCUT2D eigenvalue weighted by Gasteiger charge is -2.45. The Morgan fingerprint density at radius 3 is 1.86 bits per heavy atom. The quantitative estimate of drug-likeness (QED) is 0.0662. The van der Waals surface area contributed by atoms with E-state index in [-0.39, 0.29) is 6.42 Å². The molecule has 7 N–H and O–H groups in total. The molecule has 0 spiro atoms. The number of aliphatic hydroxyl groups excluding tert-OH is 7. The zero-order valence-electron chi connectivity index (χ0n) is 24.4. The summed E-state index contributed by atoms with van der Waals surface area (Å²) in [7, 11) is 0. The van der Waals surface area contributed by atoms with Crippen molar-refractivity contribution in [2.24, 2.45) is 0 Å². The number of rotatable bonds is 18. The number of hydrogen-bond donors (Lipinski definition) is 7. The average molecular weight is 603 g/mol. The smallest absolute Gasteiger partial charge is 0.306 e. The van der Waals surface area contributed by atoms with Crippen molar-refractivity contribution in [3.05, 3.63) is 36.5 Å². The van der Waals surface area contributed by atoms with E-state index < -0.39 is 80.6 Å². The molecular formula is C30H50O12. The van der Waals surface area contributed by atoms with Gasteiger partial charge in [-0.25, -0.2) is 0 Å². The van der Waals surface area contributed by atoms with E-state index in [1.54, 1.807) is 0 Å². The van der Waals surface area contributed by atoms with Gasteiger partial charge in [0.05, 0.1) is 13.2 Å². The van der Waals surface area contributed by atoms with Gasteiger partial charge in [0, 0.05) is 6.42 Å². The van der Waals surface area contributed by atoms with Gasteiger partial charge in [0.2, 0.25) is 6.29 Å². The van der Waals surface area contributed by atoms with Crippen LogP contribution in [0.1, 0.15) is 71.1 Å². The van der Waals surface area contributed by atoms with Gasteiger partial charge in [-0.05, 0) is 38.5 Å². The molecule has 0 bridgehead atoms. The van der Waals surface area contributed by atoms with Crippen molar-refractivity contribution in [1.29, 1.82) is 0 Å². The molecule has 242 valence electrons. The second-order valence-electron chi connectivity index (χ2n) is 10.6. The molecule has 0 aromatic heterocycles. The summed E-state index contributed by atoms with van der Waals surface area (Å²) < 4.78 is 21.7. The Balaban J connectivity index is 1.76. The van der Waals surface area contributed by atoms with Crippen LogP contribution in [0.3, 0.4) is 0 Å². The molecule has 12 nitrogen and oxygen atoms in total. The van der Waals surface area contributed by atoms with Gasteiger partial charge in [0.15, 0.2) is 12.4 Å². The average Bonchev–Trinajstić information content (AvgIpc) is 2.98. The molecular weight excluding hydrogens is 552 g/mol. The van der Waals surface area contributed by atoms with E-state index in [2.05, 4.69) is 43.4 Å². The topological polar surface area (TPSA) is 196 Å². The van der Waals surface area contributed by atoms with E-state index in [0.717, 1.165) is 51.4 Å². The van der Waals surface area contributed by atoms with Crippen molar-refractivity contribution in [2.75, 3.05) is 13.2 Å². The molecule has 0 amide bonds. The molecule has 0 radical (unpaired) electrons. The van der Waals surface area contributed by atoms with Crippen LogP contribution < -0.4 is 0 Å². The van der Waals surface area contributed by atoms with Gasteiger partial charge < -0.3 is 54.7 Å². The molecule has 2 aliphatic heterocycles. The van der Waals surface area contributed by atoms with Crippen LogP contribution in [0.2, 0.25) is 0 Å². The predicted octanol–water partition coefficient (Wildman–Crippen LogP) is 0.743. The second kappa shape index (κ2) is 20.3. The third-order valence-corrected chi connectivity index (χ3v) is 7.24. The first-order valence-corrected chi connectivity index (χ1v) is 15.0. The van der Waals surface area contributed by atoms with Gasteiger partial charge in [-0.3, -0.25) is 4.79 Å². The number of hydrogen-bond acceptors (Lipinski definition) is 12. The van der Waals surface area contributed by atoms with Gasteiger partial charge in [0.1, 0.15) is 42.7 Å². The summed E-state index contributed by atoms with van der Waals surface area (Å²) in [5.74, 6) is -0.666. The van der Waals surface area contributed by atoms with E-state index in [4.69, 9.17) is 18.9 Å². The molecule has 0 aliphatic carbocycles. The van der Waals surface area contributed by atoms with Crippen LogP contribution in [-0.2, 0) is 23.7 Å². The first kappa shape index (κ1) is 36.5. The Labute approximate surface area is 247 Å². The van der Waals surface area contributed by atoms with Gasteiger partial charge in [-0.1, -0.05) is 62.6 Å². The Kier molecular flexibility index (Phi) is 17.6. The maximum Gasteiger partial charge on any atom is 0.306 e. The summed E-state index contributed by atoms with van der Waals surface area (Å²) in [4.78, 5) is 12.6. The molecule has 0 aromatic rings. The molecule has 2 heterocycles. The fourth-order valence-electron chi connectivity index (χ4n) is 4.70. The number of carbonyl (C=O) groups is 1. The SMILES string of the molecule is CC/C=C\C/C=C\C/C=C\CCCCCCCC(=O)O[C@H]1[C@@H](O[C@H]2O[C@H](CO)[C@@H](O)[C@H](O)[C@H]2O)O[C@H](CO)[C@@H](O)[C@@H]1O. The van der Waals surface area contributed by atoms with Gasteiger partial charge in [-0.15, -0.1) is 0 Å². The molecule has 2 aliphatic rings. The highest BCUT2D eigenvalue weighted by Crippen LogP contribution is 2.29. The Morgan fingerprint density at radius 1 is 0.667 bits per heavy atom. The van der Waals surface area contributed by atoms with Crippen LogP contribution in [0.25, 0.3) is 0 Å². The van der Waals surface area contributed by atoms with Gasteiger partial charge in [0.25, 0.3) is 0 Å². The first-order valence-electron chi connectivity index (χ1n) is 15.0. The molecule has 12 heteroatoms. The van der Waals surface area contributed by atoms with Crippen LogP contribution in [-0.4, -0.2) is 116 Å². The minimum Gasteiger partial charge on any atom is -0.454 e. The molecule has 2 fully saturated rings. The minimum atomic E-state index is -1.77. The molecule has 0 saturated carbocycles. The number of unbranched alkanes of at least 4 members (excludes halogenated alkanes) is 5. The van der Waals surface area contributed by atoms with Gasteiger partial charge in [-0.2, -0.15) is 0 Å². The summed E-state index contributed by atoms with van der Waals surface area (Å²) in [6.45, 7) is 0.724. The number of aliphatic hydroxyl groups is 7. The van der Waals surface area contributed by atoms with Crippen molar-refractivity contribution >= 4 is 5.97 Å². The van der Waals surface area contributed by atoms with Crippen molar-refractivity contribution in [2.45, 2.75) is 133 Å². The van der Waals surface area contributed by atoms with Crippen molar-refractivity contribution < 1.29 is 59.5 Å². The number of carbonyl (C=O) groups excluding carboxylic acids is 1. The lowest BCUT2D eigenvalue weighted by molar-refractivity contribution is -0.376. The highest BCUT2D eigenvalue weighted by molar-refractivity contribution is 5.69. The predicted molar refractivity (Wildman–Crippen MR) is 152 cm³/mol. The molecule has 42 heavy (non-hydrogen) atoms. The van der Waals surface area contributed by atoms with E-state index in [1.807, 2.05) is 0 Å². The van der Waals surface area contributed by atoms with E-state index >= 15 is 0 Å². The number of esters is 1. The van der Waals surface area contributed by atoms with Crippen LogP contribution in [0, 0.1) is 0 Å². The largest absolute Gasteiger partial charge is 0.454 e. The number of ether oxygens (including phenoxy) is 4. The lowest BCUT2D eigenvalue weighted by Crippen LogP contribution is -2.64.